The molecule has 0 fully saturated rings. The van der Waals surface area contributed by atoms with Gasteiger partial charge in [0, 0.05) is 11.6 Å². The van der Waals surface area contributed by atoms with E-state index in [0.717, 1.165) is 28.3 Å². The van der Waals surface area contributed by atoms with E-state index >= 15 is 0 Å². The van der Waals surface area contributed by atoms with Crippen LogP contribution >= 0.6 is 0 Å². The molecule has 0 aliphatic heterocycles. The summed E-state index contributed by atoms with van der Waals surface area (Å²) in [4.78, 5) is 4.51. The lowest BCUT2D eigenvalue weighted by Crippen LogP contribution is -1.97. The van der Waals surface area contributed by atoms with E-state index in [4.69, 9.17) is 14.4 Å². The lowest BCUT2D eigenvalue weighted by molar-refractivity contribution is 0.299. The van der Waals surface area contributed by atoms with Crippen molar-refractivity contribution in [2.75, 3.05) is 0 Å². The zero-order chi connectivity index (χ0) is 16.8. The zero-order valence-corrected chi connectivity index (χ0v) is 13.3. The molecule has 2 aromatic carbocycles. The van der Waals surface area contributed by atoms with Gasteiger partial charge in [-0.25, -0.2) is 4.98 Å². The minimum atomic E-state index is 0.343. The fraction of sp³-hybridized carbons (Fsp3) is 0.100. The smallest absolute Gasteiger partial charge is 0.226 e. The molecule has 0 aliphatic rings. The summed E-state index contributed by atoms with van der Waals surface area (Å²) in [6, 6.07) is 19.3. The summed E-state index contributed by atoms with van der Waals surface area (Å²) in [5.41, 5.74) is 2.68. The Morgan fingerprint density at radius 2 is 1.88 bits per heavy atom. The van der Waals surface area contributed by atoms with Crippen LogP contribution in [-0.2, 0) is 6.61 Å². The Bertz CT molecular complexity index is 872. The fourth-order valence-electron chi connectivity index (χ4n) is 2.23. The number of aryl methyl sites for hydroxylation is 1. The van der Waals surface area contributed by atoms with Crippen LogP contribution in [0.2, 0.25) is 0 Å². The van der Waals surface area contributed by atoms with Gasteiger partial charge in [-0.2, -0.15) is 5.26 Å². The quantitative estimate of drug-likeness (QED) is 0.636. The molecule has 3 aromatic rings. The largest absolute Gasteiger partial charge is 0.487 e. The third-order valence-electron chi connectivity index (χ3n) is 3.52. The highest BCUT2D eigenvalue weighted by Crippen LogP contribution is 2.22. The average Bonchev–Trinajstić information content (AvgIpc) is 3.01. The summed E-state index contributed by atoms with van der Waals surface area (Å²) in [5.74, 6) is 2.10. The minimum Gasteiger partial charge on any atom is -0.487 e. The third kappa shape index (κ3) is 3.71. The lowest BCUT2D eigenvalue weighted by atomic mass is 10.2. The van der Waals surface area contributed by atoms with Crippen molar-refractivity contribution >= 4 is 6.08 Å². The number of nitriles is 1. The number of ether oxygens (including phenoxy) is 1. The average molecular weight is 316 g/mol. The maximum absolute atomic E-state index is 8.53. The molecule has 24 heavy (non-hydrogen) atoms. The monoisotopic (exact) mass is 316 g/mol. The van der Waals surface area contributed by atoms with E-state index in [1.165, 1.54) is 6.08 Å². The lowest BCUT2D eigenvalue weighted by Gasteiger charge is -2.04. The number of rotatable bonds is 5. The third-order valence-corrected chi connectivity index (χ3v) is 3.52. The second-order valence-electron chi connectivity index (χ2n) is 5.21. The van der Waals surface area contributed by atoms with Crippen LogP contribution < -0.4 is 4.74 Å². The molecule has 0 saturated heterocycles. The van der Waals surface area contributed by atoms with Gasteiger partial charge in [0.1, 0.15) is 23.8 Å². The second kappa shape index (κ2) is 7.30. The molecule has 4 heteroatoms. The van der Waals surface area contributed by atoms with Gasteiger partial charge in [-0.15, -0.1) is 0 Å². The van der Waals surface area contributed by atoms with Crippen molar-refractivity contribution in [2.24, 2.45) is 0 Å². The van der Waals surface area contributed by atoms with Crippen LogP contribution in [0.15, 0.2) is 65.1 Å². The van der Waals surface area contributed by atoms with Crippen LogP contribution in [0, 0.1) is 18.3 Å². The maximum Gasteiger partial charge on any atom is 0.226 e. The van der Waals surface area contributed by atoms with Gasteiger partial charge in [0.25, 0.3) is 0 Å². The Kier molecular flexibility index (Phi) is 4.73. The van der Waals surface area contributed by atoms with E-state index < -0.39 is 0 Å². The first-order chi connectivity index (χ1) is 11.8. The maximum atomic E-state index is 8.53. The molecular weight excluding hydrogens is 300 g/mol. The molecule has 3 rings (SSSR count). The SMILES string of the molecule is Cc1oc(-c2ccccc2)nc1COc1ccc(/C=C/C#N)cc1. The van der Waals surface area contributed by atoms with Crippen molar-refractivity contribution in [3.05, 3.63) is 77.7 Å². The van der Waals surface area contributed by atoms with E-state index in [1.807, 2.05) is 67.6 Å². The molecule has 0 spiro atoms. The molecule has 0 unspecified atom stereocenters. The first-order valence-corrected chi connectivity index (χ1v) is 7.57. The summed E-state index contributed by atoms with van der Waals surface area (Å²) >= 11 is 0. The molecule has 0 radical (unpaired) electrons. The summed E-state index contributed by atoms with van der Waals surface area (Å²) < 4.78 is 11.5. The summed E-state index contributed by atoms with van der Waals surface area (Å²) in [6.07, 6.45) is 3.19. The standard InChI is InChI=1S/C20H16N2O2/c1-15-19(22-20(24-15)17-7-3-2-4-8-17)14-23-18-11-9-16(10-12-18)6-5-13-21/h2-12H,14H2,1H3/b6-5+. The molecule has 0 amide bonds. The van der Waals surface area contributed by atoms with E-state index in [1.54, 1.807) is 6.08 Å². The molecule has 1 heterocycles. The number of nitrogens with zero attached hydrogens (tertiary/aromatic N) is 2. The molecule has 0 bridgehead atoms. The number of oxazole rings is 1. The normalized spacial score (nSPS) is 10.7. The van der Waals surface area contributed by atoms with Gasteiger partial charge in [-0.3, -0.25) is 0 Å². The molecule has 0 saturated carbocycles. The Morgan fingerprint density at radius 3 is 2.58 bits per heavy atom. The zero-order valence-electron chi connectivity index (χ0n) is 13.3. The van der Waals surface area contributed by atoms with Crippen molar-refractivity contribution in [3.8, 4) is 23.3 Å². The van der Waals surface area contributed by atoms with Crippen molar-refractivity contribution < 1.29 is 9.15 Å². The Hall–Kier alpha value is -3.32. The van der Waals surface area contributed by atoms with Crippen LogP contribution in [0.1, 0.15) is 17.0 Å². The minimum absolute atomic E-state index is 0.343. The van der Waals surface area contributed by atoms with Crippen LogP contribution in [0.5, 0.6) is 5.75 Å². The molecule has 118 valence electrons. The van der Waals surface area contributed by atoms with Crippen LogP contribution in [-0.4, -0.2) is 4.98 Å². The van der Waals surface area contributed by atoms with Gasteiger partial charge in [0.15, 0.2) is 0 Å². The summed E-state index contributed by atoms with van der Waals surface area (Å²) in [7, 11) is 0. The Labute approximate surface area is 140 Å². The highest BCUT2D eigenvalue weighted by molar-refractivity contribution is 5.53. The van der Waals surface area contributed by atoms with Gasteiger partial charge in [-0.1, -0.05) is 30.3 Å². The number of hydrogen-bond acceptors (Lipinski definition) is 4. The van der Waals surface area contributed by atoms with E-state index in [0.29, 0.717) is 12.5 Å². The molecule has 4 nitrogen and oxygen atoms in total. The van der Waals surface area contributed by atoms with Crippen LogP contribution in [0.3, 0.4) is 0 Å². The van der Waals surface area contributed by atoms with Gasteiger partial charge >= 0.3 is 0 Å². The van der Waals surface area contributed by atoms with Crippen molar-refractivity contribution in [1.82, 2.24) is 4.98 Å². The van der Waals surface area contributed by atoms with Crippen molar-refractivity contribution in [2.45, 2.75) is 13.5 Å². The number of allylic oxidation sites excluding steroid dienone is 1. The second-order valence-corrected chi connectivity index (χ2v) is 5.21. The topological polar surface area (TPSA) is 59.1 Å². The molecule has 0 aliphatic carbocycles. The summed E-state index contributed by atoms with van der Waals surface area (Å²) in [5, 5.41) is 8.53. The molecule has 0 N–H and O–H groups in total. The summed E-state index contributed by atoms with van der Waals surface area (Å²) in [6.45, 7) is 2.23. The van der Waals surface area contributed by atoms with Crippen LogP contribution in [0.4, 0.5) is 0 Å². The van der Waals surface area contributed by atoms with Crippen molar-refractivity contribution in [3.63, 3.8) is 0 Å². The van der Waals surface area contributed by atoms with Crippen molar-refractivity contribution in [1.29, 1.82) is 5.26 Å². The number of hydrogen-bond donors (Lipinski definition) is 0. The van der Waals surface area contributed by atoms with Gasteiger partial charge in [0.05, 0.1) is 6.07 Å². The Balaban J connectivity index is 1.68. The number of aromatic nitrogens is 1. The first-order valence-electron chi connectivity index (χ1n) is 7.57. The highest BCUT2D eigenvalue weighted by atomic mass is 16.5. The van der Waals surface area contributed by atoms with Crippen LogP contribution in [0.25, 0.3) is 17.5 Å². The molecular formula is C20H16N2O2. The van der Waals surface area contributed by atoms with Gasteiger partial charge in [0.2, 0.25) is 5.89 Å². The highest BCUT2D eigenvalue weighted by Gasteiger charge is 2.11. The predicted octanol–water partition coefficient (Wildman–Crippen LogP) is 4.77. The van der Waals surface area contributed by atoms with Gasteiger partial charge in [-0.05, 0) is 42.8 Å². The van der Waals surface area contributed by atoms with E-state index in [-0.39, 0.29) is 0 Å². The van der Waals surface area contributed by atoms with Gasteiger partial charge < -0.3 is 9.15 Å². The first kappa shape index (κ1) is 15.6. The molecule has 1 aromatic heterocycles. The van der Waals surface area contributed by atoms with E-state index in [9.17, 15) is 0 Å². The fourth-order valence-corrected chi connectivity index (χ4v) is 2.23. The Morgan fingerprint density at radius 1 is 1.12 bits per heavy atom. The molecule has 0 atom stereocenters. The van der Waals surface area contributed by atoms with E-state index in [2.05, 4.69) is 4.98 Å². The number of benzene rings is 2. The predicted molar refractivity (Wildman–Crippen MR) is 92.1 cm³/mol.